The van der Waals surface area contributed by atoms with Crippen LogP contribution >= 0.6 is 11.3 Å². The number of benzene rings is 2. The van der Waals surface area contributed by atoms with Crippen molar-refractivity contribution in [3.8, 4) is 10.7 Å². The molecule has 1 atom stereocenters. The molecule has 28 heavy (non-hydrogen) atoms. The van der Waals surface area contributed by atoms with Crippen LogP contribution in [0.1, 0.15) is 22.1 Å². The van der Waals surface area contributed by atoms with E-state index in [1.807, 2.05) is 43.4 Å². The van der Waals surface area contributed by atoms with E-state index in [0.29, 0.717) is 5.69 Å². The van der Waals surface area contributed by atoms with Crippen LogP contribution in [0.5, 0.6) is 0 Å². The molecule has 4 aromatic rings. The minimum Gasteiger partial charge on any atom is -0.342 e. The van der Waals surface area contributed by atoms with Gasteiger partial charge in [-0.05, 0) is 18.2 Å². The van der Waals surface area contributed by atoms with Gasteiger partial charge in [-0.25, -0.2) is 4.98 Å². The van der Waals surface area contributed by atoms with E-state index in [2.05, 4.69) is 38.4 Å². The van der Waals surface area contributed by atoms with E-state index in [4.69, 9.17) is 0 Å². The number of fused-ring (bicyclic) bond motifs is 2. The van der Waals surface area contributed by atoms with Crippen molar-refractivity contribution < 1.29 is 9.59 Å². The molecule has 5 rings (SSSR count). The van der Waals surface area contributed by atoms with Crippen LogP contribution in [0, 0.1) is 0 Å². The number of para-hydroxylation sites is 2. The number of aromatic nitrogens is 2. The Morgan fingerprint density at radius 2 is 1.96 bits per heavy atom. The Morgan fingerprint density at radius 3 is 2.82 bits per heavy atom. The summed E-state index contributed by atoms with van der Waals surface area (Å²) in [6.07, 6.45) is 0. The molecule has 0 bridgehead atoms. The first kappa shape index (κ1) is 16.7. The van der Waals surface area contributed by atoms with Crippen molar-refractivity contribution in [3.63, 3.8) is 0 Å². The topological polar surface area (TPSA) is 76.0 Å². The second-order valence-corrected chi connectivity index (χ2v) is 7.53. The van der Waals surface area contributed by atoms with E-state index >= 15 is 0 Å². The maximum absolute atomic E-state index is 12.7. The van der Waals surface area contributed by atoms with Crippen LogP contribution in [-0.2, 0) is 11.8 Å². The largest absolute Gasteiger partial charge is 0.342 e. The maximum Gasteiger partial charge on any atom is 0.271 e. The number of nitrogens with zero attached hydrogens (tertiary/aromatic N) is 2. The van der Waals surface area contributed by atoms with Gasteiger partial charge in [-0.1, -0.05) is 36.4 Å². The summed E-state index contributed by atoms with van der Waals surface area (Å²) in [5.74, 6) is -0.600. The lowest BCUT2D eigenvalue weighted by Gasteiger charge is -2.10. The first-order chi connectivity index (χ1) is 13.6. The molecule has 138 valence electrons. The molecule has 0 spiro atoms. The summed E-state index contributed by atoms with van der Waals surface area (Å²) >= 11 is 1.41. The molecule has 1 aliphatic rings. The molecule has 2 aromatic carbocycles. The van der Waals surface area contributed by atoms with Crippen LogP contribution in [0.25, 0.3) is 21.6 Å². The summed E-state index contributed by atoms with van der Waals surface area (Å²) in [5.41, 5.74) is 3.87. The third kappa shape index (κ3) is 2.59. The van der Waals surface area contributed by atoms with Crippen LogP contribution in [-0.4, -0.2) is 21.4 Å². The van der Waals surface area contributed by atoms with Crippen molar-refractivity contribution in [3.05, 3.63) is 71.2 Å². The first-order valence-corrected chi connectivity index (χ1v) is 9.71. The first-order valence-electron chi connectivity index (χ1n) is 8.83. The minimum atomic E-state index is -0.702. The normalized spacial score (nSPS) is 15.5. The average Bonchev–Trinajstić information content (AvgIpc) is 3.39. The lowest BCUT2D eigenvalue weighted by Crippen LogP contribution is -2.33. The van der Waals surface area contributed by atoms with Gasteiger partial charge in [0.05, 0.1) is 5.69 Å². The number of carbonyl (C=O) groups is 2. The monoisotopic (exact) mass is 388 g/mol. The Kier molecular flexibility index (Phi) is 3.77. The van der Waals surface area contributed by atoms with Gasteiger partial charge in [0.1, 0.15) is 16.7 Å². The van der Waals surface area contributed by atoms with Crippen LogP contribution in [0.15, 0.2) is 60.0 Å². The van der Waals surface area contributed by atoms with Crippen molar-refractivity contribution in [2.45, 2.75) is 6.04 Å². The predicted molar refractivity (Wildman–Crippen MR) is 109 cm³/mol. The highest BCUT2D eigenvalue weighted by atomic mass is 32.1. The predicted octanol–water partition coefficient (Wildman–Crippen LogP) is 3.73. The van der Waals surface area contributed by atoms with E-state index in [1.165, 1.54) is 11.3 Å². The molecule has 2 amide bonds. The standard InChI is InChI=1S/C21H16N4O2S/c1-25-16-9-5-2-6-12(16)10-17(25)21-23-15(11-28-21)19(26)24-18-13-7-3-4-8-14(13)22-20(18)27/h2-11,18H,1H3,(H,22,27)(H,24,26). The zero-order valence-corrected chi connectivity index (χ0v) is 15.8. The highest BCUT2D eigenvalue weighted by Gasteiger charge is 2.32. The molecular weight excluding hydrogens is 372 g/mol. The van der Waals surface area contributed by atoms with E-state index in [0.717, 1.165) is 32.9 Å². The fourth-order valence-electron chi connectivity index (χ4n) is 3.55. The van der Waals surface area contributed by atoms with E-state index in [-0.39, 0.29) is 11.8 Å². The molecule has 0 aliphatic carbocycles. The summed E-state index contributed by atoms with van der Waals surface area (Å²) in [6, 6.07) is 16.8. The van der Waals surface area contributed by atoms with Crippen LogP contribution in [0.3, 0.4) is 0 Å². The molecule has 0 saturated heterocycles. The Morgan fingerprint density at radius 1 is 1.18 bits per heavy atom. The molecule has 1 aliphatic heterocycles. The number of carbonyl (C=O) groups excluding carboxylic acids is 2. The second-order valence-electron chi connectivity index (χ2n) is 6.67. The second kappa shape index (κ2) is 6.31. The molecule has 0 saturated carbocycles. The highest BCUT2D eigenvalue weighted by Crippen LogP contribution is 2.32. The third-order valence-electron chi connectivity index (χ3n) is 4.97. The zero-order chi connectivity index (χ0) is 19.3. The molecule has 6 nitrogen and oxygen atoms in total. The molecule has 3 heterocycles. The molecule has 2 N–H and O–H groups in total. The Hall–Kier alpha value is -3.45. The quantitative estimate of drug-likeness (QED) is 0.562. The van der Waals surface area contributed by atoms with Crippen molar-refractivity contribution >= 4 is 39.7 Å². The highest BCUT2D eigenvalue weighted by molar-refractivity contribution is 7.13. The fourth-order valence-corrected chi connectivity index (χ4v) is 4.40. The van der Waals surface area contributed by atoms with Gasteiger partial charge in [0.25, 0.3) is 11.8 Å². The lowest BCUT2D eigenvalue weighted by atomic mass is 10.1. The molecule has 0 fully saturated rings. The number of thiazole rings is 1. The Labute approximate surface area is 164 Å². The number of hydrogen-bond donors (Lipinski definition) is 2. The number of hydrogen-bond acceptors (Lipinski definition) is 4. The van der Waals surface area contributed by atoms with Gasteiger partial charge in [0, 0.05) is 34.6 Å². The minimum absolute atomic E-state index is 0.237. The lowest BCUT2D eigenvalue weighted by molar-refractivity contribution is -0.117. The van der Waals surface area contributed by atoms with Gasteiger partial charge >= 0.3 is 0 Å². The molecule has 2 aromatic heterocycles. The molecule has 0 radical (unpaired) electrons. The van der Waals surface area contributed by atoms with E-state index < -0.39 is 6.04 Å². The summed E-state index contributed by atoms with van der Waals surface area (Å²) < 4.78 is 2.07. The number of nitrogens with one attached hydrogen (secondary N) is 2. The van der Waals surface area contributed by atoms with E-state index in [1.54, 1.807) is 5.38 Å². The summed E-state index contributed by atoms with van der Waals surface area (Å²) in [4.78, 5) is 29.4. The van der Waals surface area contributed by atoms with Crippen molar-refractivity contribution in [1.82, 2.24) is 14.9 Å². The number of aryl methyl sites for hydroxylation is 1. The average molecular weight is 388 g/mol. The van der Waals surface area contributed by atoms with Gasteiger partial charge in [-0.3, -0.25) is 9.59 Å². The van der Waals surface area contributed by atoms with Gasteiger partial charge in [-0.2, -0.15) is 0 Å². The van der Waals surface area contributed by atoms with Gasteiger partial charge in [-0.15, -0.1) is 11.3 Å². The van der Waals surface area contributed by atoms with Gasteiger partial charge in [0.15, 0.2) is 0 Å². The smallest absolute Gasteiger partial charge is 0.271 e. The fraction of sp³-hybridized carbons (Fsp3) is 0.0952. The van der Waals surface area contributed by atoms with Gasteiger partial charge < -0.3 is 15.2 Å². The number of anilines is 1. The zero-order valence-electron chi connectivity index (χ0n) is 15.0. The number of amides is 2. The molecular formula is C21H16N4O2S. The van der Waals surface area contributed by atoms with Crippen molar-refractivity contribution in [2.24, 2.45) is 7.05 Å². The number of rotatable bonds is 3. The van der Waals surface area contributed by atoms with Crippen LogP contribution in [0.4, 0.5) is 5.69 Å². The van der Waals surface area contributed by atoms with Crippen molar-refractivity contribution in [2.75, 3.05) is 5.32 Å². The molecule has 7 heteroatoms. The van der Waals surface area contributed by atoms with Crippen molar-refractivity contribution in [1.29, 1.82) is 0 Å². The van der Waals surface area contributed by atoms with E-state index in [9.17, 15) is 9.59 Å². The molecule has 1 unspecified atom stereocenters. The third-order valence-corrected chi connectivity index (χ3v) is 5.84. The Balaban J connectivity index is 1.42. The Bertz CT molecular complexity index is 1240. The van der Waals surface area contributed by atoms with Gasteiger partial charge in [0.2, 0.25) is 0 Å². The summed E-state index contributed by atoms with van der Waals surface area (Å²) in [5, 5.41) is 9.19. The summed E-state index contributed by atoms with van der Waals surface area (Å²) in [6.45, 7) is 0. The SMILES string of the molecule is Cn1c(-c2nc(C(=O)NC3C(=O)Nc4ccccc43)cs2)cc2ccccc21. The summed E-state index contributed by atoms with van der Waals surface area (Å²) in [7, 11) is 1.98. The van der Waals surface area contributed by atoms with Crippen LogP contribution in [0.2, 0.25) is 0 Å². The maximum atomic E-state index is 12.7. The van der Waals surface area contributed by atoms with Crippen LogP contribution < -0.4 is 10.6 Å².